The van der Waals surface area contributed by atoms with E-state index in [1.165, 1.54) is 59.9 Å². The standard InChI is InChI=1S/C29H38N2.Ni/c1-4-7-10-13-27-22-28(25-18-14-23(15-19-25)11-8-5-2)31(30)29(27)26-20-16-24(17-21-26)12-9-6-3;/h14-22H,4-13H2,1-3H3;. The molecule has 2 nitrogen and oxygen atoms in total. The van der Waals surface area contributed by atoms with Crippen LogP contribution in [0.3, 0.4) is 0 Å². The van der Waals surface area contributed by atoms with Crippen LogP contribution in [0.25, 0.3) is 16.9 Å². The molecule has 0 bridgehead atoms. The van der Waals surface area contributed by atoms with Crippen LogP contribution in [-0.2, 0) is 29.3 Å². The summed E-state index contributed by atoms with van der Waals surface area (Å²) in [6, 6.07) is 17.5. The van der Waals surface area contributed by atoms with Crippen LogP contribution in [-0.4, -0.2) is 4.70 Å². The van der Waals surface area contributed by atoms with Crippen LogP contribution in [0.15, 0.2) is 60.2 Å². The van der Waals surface area contributed by atoms with E-state index in [-0.39, 0.29) is 16.5 Å². The van der Waals surface area contributed by atoms with E-state index >= 15 is 0 Å². The number of nitrogens with zero attached hydrogens (tertiary/aromatic N) is 2. The number of benzene rings is 2. The molecule has 1 aliphatic heterocycles. The smallest absolute Gasteiger partial charge is 0.210 e. The van der Waals surface area contributed by atoms with Gasteiger partial charge in [-0.25, -0.2) is 4.70 Å². The van der Waals surface area contributed by atoms with Gasteiger partial charge in [0.15, 0.2) is 0 Å². The van der Waals surface area contributed by atoms with Gasteiger partial charge in [-0.3, -0.25) is 0 Å². The minimum atomic E-state index is 0. The Balaban J connectivity index is 0.00000363. The first-order valence-electron chi connectivity index (χ1n) is 12.3. The quantitative estimate of drug-likeness (QED) is 0.167. The molecule has 0 unspecified atom stereocenters. The summed E-state index contributed by atoms with van der Waals surface area (Å²) in [6.07, 6.45) is 13.9. The van der Waals surface area contributed by atoms with E-state index in [2.05, 4.69) is 75.4 Å². The van der Waals surface area contributed by atoms with Crippen LogP contribution in [0.5, 0.6) is 0 Å². The summed E-state index contributed by atoms with van der Waals surface area (Å²) in [5.74, 6) is 0. The monoisotopic (exact) mass is 472 g/mol. The molecule has 2 aromatic carbocycles. The van der Waals surface area contributed by atoms with Crippen LogP contribution in [0.4, 0.5) is 0 Å². The minimum absolute atomic E-state index is 0. The third-order valence-corrected chi connectivity index (χ3v) is 6.22. The van der Waals surface area contributed by atoms with Crippen molar-refractivity contribution in [1.82, 2.24) is 0 Å². The normalized spacial score (nSPS) is 13.3. The first-order valence-corrected chi connectivity index (χ1v) is 12.3. The Kier molecular flexibility index (Phi) is 11.1. The zero-order valence-corrected chi connectivity index (χ0v) is 21.0. The third-order valence-electron chi connectivity index (χ3n) is 6.22. The Labute approximate surface area is 205 Å². The number of unbranched alkanes of at least 4 members (excludes halogenated alkanes) is 4. The van der Waals surface area contributed by atoms with E-state index in [1.807, 2.05) is 0 Å². The first-order chi connectivity index (χ1) is 15.2. The molecule has 0 atom stereocenters. The Hall–Kier alpha value is -1.99. The van der Waals surface area contributed by atoms with Crippen molar-refractivity contribution >= 4 is 11.4 Å². The van der Waals surface area contributed by atoms with Crippen molar-refractivity contribution in [2.45, 2.75) is 85.0 Å². The van der Waals surface area contributed by atoms with E-state index in [1.54, 1.807) is 0 Å². The van der Waals surface area contributed by atoms with E-state index in [0.717, 1.165) is 48.2 Å². The molecule has 0 aromatic heterocycles. The van der Waals surface area contributed by atoms with Crippen LogP contribution >= 0.6 is 0 Å². The fraction of sp³-hybridized carbons (Fsp3) is 0.448. The van der Waals surface area contributed by atoms with E-state index < -0.39 is 0 Å². The number of hydrogen-bond acceptors (Lipinski definition) is 0. The van der Waals surface area contributed by atoms with Crippen molar-refractivity contribution in [2.75, 3.05) is 0 Å². The largest absolute Gasteiger partial charge is 0.493 e. The molecule has 0 saturated carbocycles. The maximum atomic E-state index is 11.2. The molecule has 3 rings (SSSR count). The summed E-state index contributed by atoms with van der Waals surface area (Å²) >= 11 is 0. The summed E-state index contributed by atoms with van der Waals surface area (Å²) in [6.45, 7) is 6.69. The van der Waals surface area contributed by atoms with Crippen LogP contribution in [0.2, 0.25) is 0 Å². The molecule has 0 amide bonds. The first kappa shape index (κ1) is 26.3. The van der Waals surface area contributed by atoms with Crippen LogP contribution in [0, 0.1) is 0 Å². The SMILES string of the molecule is CCCCCC1=C(c2ccc(CCCC)cc2)[N+](=[N-])C(c2ccc(CCCC)cc2)=C1.[Ni]. The molecular formula is C29H38N2Ni. The molecule has 174 valence electrons. The zero-order chi connectivity index (χ0) is 22.1. The minimum Gasteiger partial charge on any atom is -0.493 e. The van der Waals surface area contributed by atoms with Gasteiger partial charge < -0.3 is 5.53 Å². The number of allylic oxidation sites excluding steroid dienone is 2. The topological polar surface area (TPSA) is 25.3 Å². The summed E-state index contributed by atoms with van der Waals surface area (Å²) in [5.41, 5.74) is 19.2. The molecule has 0 saturated heterocycles. The fourth-order valence-electron chi connectivity index (χ4n) is 4.25. The maximum Gasteiger partial charge on any atom is 0.210 e. The second kappa shape index (κ2) is 13.5. The Morgan fingerprint density at radius 1 is 0.625 bits per heavy atom. The molecule has 1 aliphatic rings. The predicted octanol–water partition coefficient (Wildman–Crippen LogP) is 8.75. The van der Waals surface area contributed by atoms with Crippen LogP contribution < -0.4 is 0 Å². The van der Waals surface area contributed by atoms with Gasteiger partial charge in [0.1, 0.15) is 0 Å². The molecule has 0 N–H and O–H groups in total. The van der Waals surface area contributed by atoms with E-state index in [0.29, 0.717) is 0 Å². The molecular weight excluding hydrogens is 435 g/mol. The molecule has 0 aliphatic carbocycles. The van der Waals surface area contributed by atoms with Gasteiger partial charge in [-0.05, 0) is 73.9 Å². The van der Waals surface area contributed by atoms with Crippen molar-refractivity contribution in [2.24, 2.45) is 0 Å². The van der Waals surface area contributed by atoms with Gasteiger partial charge in [0.2, 0.25) is 11.4 Å². The van der Waals surface area contributed by atoms with Crippen molar-refractivity contribution in [3.05, 3.63) is 88.0 Å². The van der Waals surface area contributed by atoms with Crippen molar-refractivity contribution < 1.29 is 21.2 Å². The zero-order valence-electron chi connectivity index (χ0n) is 20.0. The molecule has 0 fully saturated rings. The van der Waals surface area contributed by atoms with Gasteiger partial charge in [0.05, 0.1) is 0 Å². The molecule has 1 heterocycles. The second-order valence-corrected chi connectivity index (χ2v) is 8.77. The summed E-state index contributed by atoms with van der Waals surface area (Å²) in [5, 5.41) is 0. The van der Waals surface area contributed by atoms with Gasteiger partial charge >= 0.3 is 0 Å². The van der Waals surface area contributed by atoms with Crippen molar-refractivity contribution in [3.8, 4) is 0 Å². The summed E-state index contributed by atoms with van der Waals surface area (Å²) in [4.78, 5) is 0. The molecule has 32 heavy (non-hydrogen) atoms. The van der Waals surface area contributed by atoms with Crippen molar-refractivity contribution in [3.63, 3.8) is 0 Å². The van der Waals surface area contributed by atoms with Gasteiger partial charge in [-0.1, -0.05) is 70.7 Å². The van der Waals surface area contributed by atoms with Gasteiger partial charge in [0, 0.05) is 39.3 Å². The Morgan fingerprint density at radius 2 is 1.12 bits per heavy atom. The molecule has 0 spiro atoms. The Morgan fingerprint density at radius 3 is 1.62 bits per heavy atom. The van der Waals surface area contributed by atoms with Crippen LogP contribution in [0.1, 0.15) is 94.4 Å². The number of rotatable bonds is 12. The molecule has 0 radical (unpaired) electrons. The van der Waals surface area contributed by atoms with Gasteiger partial charge in [0.25, 0.3) is 0 Å². The third kappa shape index (κ3) is 6.75. The summed E-state index contributed by atoms with van der Waals surface area (Å²) in [7, 11) is 0. The number of aryl methyl sites for hydroxylation is 2. The van der Waals surface area contributed by atoms with E-state index in [4.69, 9.17) is 0 Å². The average Bonchev–Trinajstić information content (AvgIpc) is 3.13. The second-order valence-electron chi connectivity index (χ2n) is 8.77. The number of hydrogen-bond donors (Lipinski definition) is 0. The van der Waals surface area contributed by atoms with E-state index in [9.17, 15) is 5.53 Å². The summed E-state index contributed by atoms with van der Waals surface area (Å²) < 4.78 is 1.42. The van der Waals surface area contributed by atoms with Crippen molar-refractivity contribution in [1.29, 1.82) is 0 Å². The average molecular weight is 473 g/mol. The molecule has 2 aromatic rings. The Bertz CT molecular complexity index is 921. The maximum absolute atomic E-state index is 11.2. The van der Waals surface area contributed by atoms with Gasteiger partial charge in [-0.15, -0.1) is 0 Å². The fourth-order valence-corrected chi connectivity index (χ4v) is 4.25. The predicted molar refractivity (Wildman–Crippen MR) is 133 cm³/mol. The van der Waals surface area contributed by atoms with Gasteiger partial charge in [-0.2, -0.15) is 0 Å². The molecule has 3 heteroatoms.